The van der Waals surface area contributed by atoms with Crippen LogP contribution in [-0.2, 0) is 9.53 Å². The number of ether oxygens (including phenoxy) is 1. The maximum Gasteiger partial charge on any atom is 0.225 e. The number of carbonyl (C=O) groups excluding carboxylic acids is 1. The largest absolute Gasteiger partial charge is 0.375 e. The Kier molecular flexibility index (Phi) is 7.72. The number of nitrogens with zero attached hydrogens (tertiary/aromatic N) is 1. The van der Waals surface area contributed by atoms with Crippen LogP contribution in [0.4, 0.5) is 0 Å². The topological polar surface area (TPSA) is 41.6 Å². The number of hydrogen-bond donors (Lipinski definition) is 1. The molecule has 1 heterocycles. The lowest BCUT2D eigenvalue weighted by Crippen LogP contribution is -2.44. The molecule has 5 heteroatoms. The summed E-state index contributed by atoms with van der Waals surface area (Å²) in [6.45, 7) is 9.27. The number of morpholine rings is 1. The lowest BCUT2D eigenvalue weighted by atomic mass is 10.2. The summed E-state index contributed by atoms with van der Waals surface area (Å²) in [6.07, 6.45) is 0.554. The first kappa shape index (κ1) is 15.7. The summed E-state index contributed by atoms with van der Waals surface area (Å²) >= 11 is 0. The molecular weight excluding hydrogens is 228 g/mol. The van der Waals surface area contributed by atoms with Crippen molar-refractivity contribution in [3.63, 3.8) is 0 Å². The summed E-state index contributed by atoms with van der Waals surface area (Å²) in [7, 11) is 0. The van der Waals surface area contributed by atoms with Crippen molar-refractivity contribution in [2.45, 2.75) is 39.3 Å². The zero-order valence-electron chi connectivity index (χ0n) is 10.4. The summed E-state index contributed by atoms with van der Waals surface area (Å²) in [5.74, 6) is 0.196. The van der Waals surface area contributed by atoms with Gasteiger partial charge in [-0.3, -0.25) is 4.79 Å². The molecule has 1 aliphatic rings. The molecule has 1 amide bonds. The molecule has 1 aliphatic heterocycles. The second-order valence-corrected chi connectivity index (χ2v) is 4.17. The third-order valence-corrected chi connectivity index (χ3v) is 2.69. The van der Waals surface area contributed by atoms with Crippen LogP contribution in [0.2, 0.25) is 0 Å². The molecule has 0 aromatic rings. The SMILES string of the molecule is CCN(C(=O)CC1CNCCO1)C(C)C.Cl. The van der Waals surface area contributed by atoms with E-state index in [1.54, 1.807) is 0 Å². The van der Waals surface area contributed by atoms with E-state index in [0.29, 0.717) is 13.0 Å². The van der Waals surface area contributed by atoms with E-state index in [4.69, 9.17) is 4.74 Å². The molecule has 1 saturated heterocycles. The lowest BCUT2D eigenvalue weighted by Gasteiger charge is -2.29. The smallest absolute Gasteiger partial charge is 0.225 e. The van der Waals surface area contributed by atoms with Gasteiger partial charge in [0.15, 0.2) is 0 Å². The van der Waals surface area contributed by atoms with Gasteiger partial charge in [-0.25, -0.2) is 0 Å². The van der Waals surface area contributed by atoms with Crippen molar-refractivity contribution in [3.05, 3.63) is 0 Å². The molecular formula is C11H23ClN2O2. The Morgan fingerprint density at radius 1 is 1.56 bits per heavy atom. The minimum absolute atomic E-state index is 0. The fourth-order valence-corrected chi connectivity index (χ4v) is 1.89. The van der Waals surface area contributed by atoms with Gasteiger partial charge in [-0.05, 0) is 20.8 Å². The molecule has 0 spiro atoms. The second-order valence-electron chi connectivity index (χ2n) is 4.17. The number of amides is 1. The lowest BCUT2D eigenvalue weighted by molar-refractivity contribution is -0.136. The van der Waals surface area contributed by atoms with E-state index < -0.39 is 0 Å². The van der Waals surface area contributed by atoms with E-state index in [9.17, 15) is 4.79 Å². The summed E-state index contributed by atoms with van der Waals surface area (Å²) in [6, 6.07) is 0.277. The highest BCUT2D eigenvalue weighted by molar-refractivity contribution is 5.85. The Labute approximate surface area is 104 Å². The van der Waals surface area contributed by atoms with Gasteiger partial charge in [0.25, 0.3) is 0 Å². The maximum atomic E-state index is 11.9. The van der Waals surface area contributed by atoms with Gasteiger partial charge in [0.1, 0.15) is 0 Å². The van der Waals surface area contributed by atoms with E-state index in [2.05, 4.69) is 5.32 Å². The Balaban J connectivity index is 0.00000225. The first-order valence-electron chi connectivity index (χ1n) is 5.77. The van der Waals surface area contributed by atoms with Crippen molar-refractivity contribution in [1.82, 2.24) is 10.2 Å². The normalized spacial score (nSPS) is 20.4. The fourth-order valence-electron chi connectivity index (χ4n) is 1.89. The molecule has 1 rings (SSSR count). The first-order valence-corrected chi connectivity index (χ1v) is 5.77. The van der Waals surface area contributed by atoms with Gasteiger partial charge in [0.05, 0.1) is 19.1 Å². The molecule has 0 aromatic carbocycles. The van der Waals surface area contributed by atoms with Crippen LogP contribution < -0.4 is 5.32 Å². The van der Waals surface area contributed by atoms with Crippen LogP contribution in [0.3, 0.4) is 0 Å². The zero-order valence-corrected chi connectivity index (χ0v) is 11.2. The highest BCUT2D eigenvalue weighted by Crippen LogP contribution is 2.07. The van der Waals surface area contributed by atoms with Gasteiger partial charge in [0.2, 0.25) is 5.91 Å². The second kappa shape index (κ2) is 7.87. The Hall–Kier alpha value is -0.320. The van der Waals surface area contributed by atoms with Crippen LogP contribution >= 0.6 is 12.4 Å². The number of rotatable bonds is 4. The molecule has 96 valence electrons. The number of hydrogen-bond acceptors (Lipinski definition) is 3. The average Bonchev–Trinajstić information content (AvgIpc) is 2.19. The molecule has 1 atom stereocenters. The number of carbonyl (C=O) groups is 1. The quantitative estimate of drug-likeness (QED) is 0.811. The highest BCUT2D eigenvalue weighted by Gasteiger charge is 2.21. The predicted octanol–water partition coefficient (Wildman–Crippen LogP) is 1.04. The molecule has 1 fully saturated rings. The van der Waals surface area contributed by atoms with Crippen molar-refractivity contribution in [2.24, 2.45) is 0 Å². The van der Waals surface area contributed by atoms with Gasteiger partial charge >= 0.3 is 0 Å². The van der Waals surface area contributed by atoms with E-state index in [-0.39, 0.29) is 30.5 Å². The molecule has 1 unspecified atom stereocenters. The molecule has 16 heavy (non-hydrogen) atoms. The monoisotopic (exact) mass is 250 g/mol. The Morgan fingerprint density at radius 2 is 2.25 bits per heavy atom. The Morgan fingerprint density at radius 3 is 2.69 bits per heavy atom. The van der Waals surface area contributed by atoms with Crippen molar-refractivity contribution < 1.29 is 9.53 Å². The number of halogens is 1. The molecule has 0 aromatic heterocycles. The van der Waals surface area contributed by atoms with Crippen molar-refractivity contribution in [3.8, 4) is 0 Å². The van der Waals surface area contributed by atoms with E-state index >= 15 is 0 Å². The summed E-state index contributed by atoms with van der Waals surface area (Å²) in [4.78, 5) is 13.8. The van der Waals surface area contributed by atoms with Crippen LogP contribution in [0.15, 0.2) is 0 Å². The van der Waals surface area contributed by atoms with Gasteiger partial charge < -0.3 is 15.0 Å². The van der Waals surface area contributed by atoms with Gasteiger partial charge in [-0.1, -0.05) is 0 Å². The first-order chi connectivity index (χ1) is 7.15. The van der Waals surface area contributed by atoms with E-state index in [1.807, 2.05) is 25.7 Å². The third-order valence-electron chi connectivity index (χ3n) is 2.69. The third kappa shape index (κ3) is 4.68. The summed E-state index contributed by atoms with van der Waals surface area (Å²) in [5, 5.41) is 3.23. The van der Waals surface area contributed by atoms with Crippen LogP contribution in [0, 0.1) is 0 Å². The van der Waals surface area contributed by atoms with Crippen molar-refractivity contribution in [1.29, 1.82) is 0 Å². The summed E-state index contributed by atoms with van der Waals surface area (Å²) < 4.78 is 5.51. The molecule has 0 aliphatic carbocycles. The van der Waals surface area contributed by atoms with E-state index in [0.717, 1.165) is 19.6 Å². The molecule has 0 radical (unpaired) electrons. The van der Waals surface area contributed by atoms with Crippen LogP contribution in [0.5, 0.6) is 0 Å². The molecule has 1 N–H and O–H groups in total. The maximum absolute atomic E-state index is 11.9. The molecule has 4 nitrogen and oxygen atoms in total. The highest BCUT2D eigenvalue weighted by atomic mass is 35.5. The summed E-state index contributed by atoms with van der Waals surface area (Å²) in [5.41, 5.74) is 0. The van der Waals surface area contributed by atoms with Crippen molar-refractivity contribution >= 4 is 18.3 Å². The van der Waals surface area contributed by atoms with Crippen LogP contribution in [0.25, 0.3) is 0 Å². The average molecular weight is 251 g/mol. The van der Waals surface area contributed by atoms with E-state index in [1.165, 1.54) is 0 Å². The molecule has 0 saturated carbocycles. The minimum atomic E-state index is 0. The zero-order chi connectivity index (χ0) is 11.3. The predicted molar refractivity (Wildman–Crippen MR) is 67.0 cm³/mol. The van der Waals surface area contributed by atoms with Gasteiger partial charge in [-0.2, -0.15) is 0 Å². The molecule has 0 bridgehead atoms. The van der Waals surface area contributed by atoms with Crippen LogP contribution in [0.1, 0.15) is 27.2 Å². The fraction of sp³-hybridized carbons (Fsp3) is 0.909. The minimum Gasteiger partial charge on any atom is -0.375 e. The van der Waals surface area contributed by atoms with Crippen LogP contribution in [-0.4, -0.2) is 49.2 Å². The van der Waals surface area contributed by atoms with Gasteiger partial charge in [0, 0.05) is 25.7 Å². The number of nitrogens with one attached hydrogen (secondary N) is 1. The van der Waals surface area contributed by atoms with Crippen molar-refractivity contribution in [2.75, 3.05) is 26.2 Å². The Bertz CT molecular complexity index is 206. The van der Waals surface area contributed by atoms with Gasteiger partial charge in [-0.15, -0.1) is 12.4 Å². The standard InChI is InChI=1S/C11H22N2O2.ClH/c1-4-13(9(2)3)11(14)7-10-8-12-5-6-15-10;/h9-10,12H,4-8H2,1-3H3;1H.